The molecule has 1 saturated heterocycles. The minimum Gasteiger partial charge on any atom is -0.445 e. The molecule has 1 aliphatic rings. The summed E-state index contributed by atoms with van der Waals surface area (Å²) >= 11 is 2.88. The highest BCUT2D eigenvalue weighted by Gasteiger charge is 2.35. The standard InChI is InChI=1S/C25H24N6O3S2/c32-22(20-12-7-13-31(20)25(33)34-15-17-8-3-1-4-9-17)28-23-26-14-19(36-23)16-35-24-27-21(29-30-24)18-10-5-2-6-11-18/h1-6,8-11,14,20H,7,12-13,15-16H2,(H,26,28,32)(H,27,29,30)/t20-/m0/s1. The first kappa shape index (κ1) is 24.0. The number of aromatic amines is 1. The molecule has 1 fully saturated rings. The lowest BCUT2D eigenvalue weighted by atomic mass is 10.2. The SMILES string of the molecule is O=C(Nc1ncc(CSc2n[nH]c(-c3ccccc3)n2)s1)[C@@H]1CCCN1C(=O)OCc1ccccc1. The summed E-state index contributed by atoms with van der Waals surface area (Å²) < 4.78 is 5.43. The number of thioether (sulfide) groups is 1. The van der Waals surface area contributed by atoms with E-state index < -0.39 is 12.1 Å². The van der Waals surface area contributed by atoms with E-state index in [1.807, 2.05) is 60.7 Å². The molecule has 11 heteroatoms. The summed E-state index contributed by atoms with van der Waals surface area (Å²) in [5.41, 5.74) is 1.88. The lowest BCUT2D eigenvalue weighted by Gasteiger charge is -2.22. The van der Waals surface area contributed by atoms with E-state index in [0.717, 1.165) is 28.2 Å². The van der Waals surface area contributed by atoms with Crippen LogP contribution in [0.1, 0.15) is 23.3 Å². The Hall–Kier alpha value is -3.70. The number of aromatic nitrogens is 4. The summed E-state index contributed by atoms with van der Waals surface area (Å²) in [6.07, 6.45) is 2.60. The van der Waals surface area contributed by atoms with Gasteiger partial charge in [0.2, 0.25) is 11.1 Å². The third-order valence-corrected chi connectivity index (χ3v) is 7.63. The van der Waals surface area contributed by atoms with E-state index >= 15 is 0 Å². The summed E-state index contributed by atoms with van der Waals surface area (Å²) in [6, 6.07) is 18.7. The van der Waals surface area contributed by atoms with E-state index in [1.165, 1.54) is 28.0 Å². The minimum absolute atomic E-state index is 0.176. The molecule has 184 valence electrons. The summed E-state index contributed by atoms with van der Waals surface area (Å²) in [7, 11) is 0. The monoisotopic (exact) mass is 520 g/mol. The number of rotatable bonds is 8. The Morgan fingerprint density at radius 3 is 2.72 bits per heavy atom. The maximum atomic E-state index is 12.9. The van der Waals surface area contributed by atoms with Crippen molar-refractivity contribution in [3.8, 4) is 11.4 Å². The van der Waals surface area contributed by atoms with Crippen LogP contribution in [0.25, 0.3) is 11.4 Å². The van der Waals surface area contributed by atoms with Crippen LogP contribution in [-0.2, 0) is 21.9 Å². The number of hydrogen-bond donors (Lipinski definition) is 2. The highest BCUT2D eigenvalue weighted by Crippen LogP contribution is 2.28. The second-order valence-electron chi connectivity index (χ2n) is 8.13. The van der Waals surface area contributed by atoms with Crippen molar-refractivity contribution in [2.75, 3.05) is 11.9 Å². The quantitative estimate of drug-likeness (QED) is 0.316. The van der Waals surface area contributed by atoms with Crippen molar-refractivity contribution in [3.05, 3.63) is 77.3 Å². The number of nitrogens with zero attached hydrogens (tertiary/aromatic N) is 4. The van der Waals surface area contributed by atoms with Crippen LogP contribution < -0.4 is 5.32 Å². The van der Waals surface area contributed by atoms with Crippen LogP contribution in [-0.4, -0.2) is 49.7 Å². The van der Waals surface area contributed by atoms with Gasteiger partial charge in [0, 0.05) is 28.9 Å². The maximum absolute atomic E-state index is 12.9. The first-order valence-corrected chi connectivity index (χ1v) is 13.3. The summed E-state index contributed by atoms with van der Waals surface area (Å²) in [5, 5.41) is 11.2. The van der Waals surface area contributed by atoms with E-state index in [1.54, 1.807) is 6.20 Å². The van der Waals surface area contributed by atoms with Gasteiger partial charge >= 0.3 is 6.09 Å². The molecule has 2 aromatic carbocycles. The molecule has 36 heavy (non-hydrogen) atoms. The van der Waals surface area contributed by atoms with Crippen molar-refractivity contribution in [2.45, 2.75) is 36.4 Å². The lowest BCUT2D eigenvalue weighted by molar-refractivity contribution is -0.120. The molecule has 0 aliphatic carbocycles. The molecule has 1 atom stereocenters. The van der Waals surface area contributed by atoms with E-state index in [9.17, 15) is 9.59 Å². The van der Waals surface area contributed by atoms with Gasteiger partial charge < -0.3 is 10.1 Å². The fourth-order valence-electron chi connectivity index (χ4n) is 3.85. The van der Waals surface area contributed by atoms with Crippen molar-refractivity contribution in [3.63, 3.8) is 0 Å². The average molecular weight is 521 g/mol. The Morgan fingerprint density at radius 1 is 1.14 bits per heavy atom. The van der Waals surface area contributed by atoms with Crippen LogP contribution in [0.2, 0.25) is 0 Å². The van der Waals surface area contributed by atoms with Gasteiger partial charge in [-0.1, -0.05) is 72.4 Å². The van der Waals surface area contributed by atoms with Crippen LogP contribution in [0.3, 0.4) is 0 Å². The van der Waals surface area contributed by atoms with Crippen molar-refractivity contribution >= 4 is 40.2 Å². The fraction of sp³-hybridized carbons (Fsp3) is 0.240. The molecule has 0 radical (unpaired) electrons. The van der Waals surface area contributed by atoms with Crippen molar-refractivity contribution < 1.29 is 14.3 Å². The van der Waals surface area contributed by atoms with Crippen molar-refractivity contribution in [1.82, 2.24) is 25.1 Å². The van der Waals surface area contributed by atoms with E-state index in [-0.39, 0.29) is 12.5 Å². The highest BCUT2D eigenvalue weighted by molar-refractivity contribution is 7.98. The average Bonchev–Trinajstić information content (AvgIpc) is 3.68. The summed E-state index contributed by atoms with van der Waals surface area (Å²) in [4.78, 5) is 36.8. The molecule has 0 saturated carbocycles. The number of carbonyl (C=O) groups is 2. The van der Waals surface area contributed by atoms with Gasteiger partial charge in [-0.05, 0) is 18.4 Å². The summed E-state index contributed by atoms with van der Waals surface area (Å²) in [5.74, 6) is 1.10. The first-order chi connectivity index (χ1) is 17.7. The smallest absolute Gasteiger partial charge is 0.410 e. The molecule has 9 nitrogen and oxygen atoms in total. The molecule has 2 amide bonds. The lowest BCUT2D eigenvalue weighted by Crippen LogP contribution is -2.43. The highest BCUT2D eigenvalue weighted by atomic mass is 32.2. The number of likely N-dealkylation sites (tertiary alicyclic amines) is 1. The number of thiazole rings is 1. The van der Waals surface area contributed by atoms with Gasteiger partial charge in [0.15, 0.2) is 11.0 Å². The predicted octanol–water partition coefficient (Wildman–Crippen LogP) is 4.96. The first-order valence-electron chi connectivity index (χ1n) is 11.5. The Bertz CT molecular complexity index is 1310. The van der Waals surface area contributed by atoms with E-state index in [0.29, 0.717) is 29.0 Å². The van der Waals surface area contributed by atoms with Crippen LogP contribution >= 0.6 is 23.1 Å². The number of amides is 2. The number of ether oxygens (including phenoxy) is 1. The van der Waals surface area contributed by atoms with E-state index in [2.05, 4.69) is 25.5 Å². The van der Waals surface area contributed by atoms with Crippen molar-refractivity contribution in [2.24, 2.45) is 0 Å². The Morgan fingerprint density at radius 2 is 1.92 bits per heavy atom. The number of carbonyl (C=O) groups excluding carboxylic acids is 2. The number of benzene rings is 2. The van der Waals surface area contributed by atoms with Gasteiger partial charge in [-0.3, -0.25) is 14.8 Å². The van der Waals surface area contributed by atoms with Crippen LogP contribution in [0.15, 0.2) is 72.0 Å². The van der Waals surface area contributed by atoms with Crippen LogP contribution in [0.4, 0.5) is 9.93 Å². The maximum Gasteiger partial charge on any atom is 0.410 e. The second kappa shape index (κ2) is 11.4. The summed E-state index contributed by atoms with van der Waals surface area (Å²) in [6.45, 7) is 0.669. The van der Waals surface area contributed by atoms with Crippen LogP contribution in [0, 0.1) is 0 Å². The molecule has 3 heterocycles. The third kappa shape index (κ3) is 5.92. The number of nitrogens with one attached hydrogen (secondary N) is 2. The third-order valence-electron chi connectivity index (χ3n) is 5.63. The molecule has 1 aliphatic heterocycles. The molecular formula is C25H24N6O3S2. The number of anilines is 1. The van der Waals surface area contributed by atoms with Gasteiger partial charge in [0.1, 0.15) is 12.6 Å². The van der Waals surface area contributed by atoms with Gasteiger partial charge in [-0.25, -0.2) is 14.8 Å². The predicted molar refractivity (Wildman–Crippen MR) is 138 cm³/mol. The zero-order valence-electron chi connectivity index (χ0n) is 19.3. The molecule has 0 bridgehead atoms. The number of hydrogen-bond acceptors (Lipinski definition) is 8. The van der Waals surface area contributed by atoms with Gasteiger partial charge in [-0.2, -0.15) is 0 Å². The second-order valence-corrected chi connectivity index (χ2v) is 10.2. The van der Waals surface area contributed by atoms with E-state index in [4.69, 9.17) is 4.74 Å². The van der Waals surface area contributed by atoms with Gasteiger partial charge in [0.05, 0.1) is 0 Å². The van der Waals surface area contributed by atoms with Crippen molar-refractivity contribution in [1.29, 1.82) is 0 Å². The Labute approximate surface area is 216 Å². The molecule has 2 aromatic heterocycles. The zero-order valence-corrected chi connectivity index (χ0v) is 20.9. The molecule has 2 N–H and O–H groups in total. The zero-order chi connectivity index (χ0) is 24.7. The molecular weight excluding hydrogens is 496 g/mol. The fourth-order valence-corrected chi connectivity index (χ4v) is 5.49. The minimum atomic E-state index is -0.570. The molecule has 0 unspecified atom stereocenters. The van der Waals surface area contributed by atoms with Gasteiger partial charge in [0.25, 0.3) is 0 Å². The normalized spacial score (nSPS) is 15.1. The molecule has 0 spiro atoms. The van der Waals surface area contributed by atoms with Gasteiger partial charge in [-0.15, -0.1) is 16.4 Å². The van der Waals surface area contributed by atoms with Crippen LogP contribution in [0.5, 0.6) is 0 Å². The Balaban J connectivity index is 1.12. The molecule has 5 rings (SSSR count). The molecule has 4 aromatic rings. The Kier molecular flexibility index (Phi) is 7.58. The number of H-pyrrole nitrogens is 1. The topological polar surface area (TPSA) is 113 Å². The largest absolute Gasteiger partial charge is 0.445 e.